The molecule has 4 nitrogen and oxygen atoms in total. The van der Waals surface area contributed by atoms with Crippen molar-refractivity contribution in [1.82, 2.24) is 5.32 Å². The van der Waals surface area contributed by atoms with Crippen molar-refractivity contribution in [3.8, 4) is 0 Å². The third-order valence-electron chi connectivity index (χ3n) is 2.60. The van der Waals surface area contributed by atoms with Crippen molar-refractivity contribution in [1.29, 1.82) is 0 Å². The van der Waals surface area contributed by atoms with Gasteiger partial charge in [0.2, 0.25) is 11.8 Å². The van der Waals surface area contributed by atoms with E-state index < -0.39 is 23.6 Å². The average molecular weight is 286 g/mol. The molecule has 0 aromatic heterocycles. The highest BCUT2D eigenvalue weighted by molar-refractivity contribution is 7.99. The van der Waals surface area contributed by atoms with E-state index in [0.717, 1.165) is 18.2 Å². The van der Waals surface area contributed by atoms with Crippen LogP contribution in [0.2, 0.25) is 0 Å². The first-order chi connectivity index (χ1) is 9.06. The topological polar surface area (TPSA) is 58.2 Å². The second kappa shape index (κ2) is 6.01. The largest absolute Gasteiger partial charge is 0.343 e. The average Bonchev–Trinajstić information content (AvgIpc) is 2.58. The zero-order chi connectivity index (χ0) is 13.8. The minimum absolute atomic E-state index is 0.218. The molecule has 102 valence electrons. The second-order valence-electron chi connectivity index (χ2n) is 4.06. The van der Waals surface area contributed by atoms with Crippen LogP contribution in [0.3, 0.4) is 0 Å². The summed E-state index contributed by atoms with van der Waals surface area (Å²) in [5, 5.41) is 4.83. The smallest absolute Gasteiger partial charge is 0.247 e. The van der Waals surface area contributed by atoms with Gasteiger partial charge in [0.1, 0.15) is 17.7 Å². The summed E-state index contributed by atoms with van der Waals surface area (Å²) in [4.78, 5) is 23.2. The SMILES string of the molecule is O=C1CCSC[C@H](C(=O)Nc2cc(F)ccc2F)N1. The molecular weight excluding hydrogens is 274 g/mol. The van der Waals surface area contributed by atoms with Crippen molar-refractivity contribution in [3.63, 3.8) is 0 Å². The van der Waals surface area contributed by atoms with Crippen molar-refractivity contribution in [2.24, 2.45) is 0 Å². The standard InChI is InChI=1S/C12H12F2N2O2S/c13-7-1-2-8(14)9(5-7)16-12(18)10-6-19-4-3-11(17)15-10/h1-2,5,10H,3-4,6H2,(H,15,17)(H,16,18)/t10-/m1/s1. The molecule has 7 heteroatoms. The monoisotopic (exact) mass is 286 g/mol. The van der Waals surface area contributed by atoms with Crippen molar-refractivity contribution in [2.75, 3.05) is 16.8 Å². The Bertz CT molecular complexity index is 511. The second-order valence-corrected chi connectivity index (χ2v) is 5.21. The van der Waals surface area contributed by atoms with Gasteiger partial charge in [-0.15, -0.1) is 0 Å². The predicted molar refractivity (Wildman–Crippen MR) is 68.9 cm³/mol. The fourth-order valence-electron chi connectivity index (χ4n) is 1.63. The van der Waals surface area contributed by atoms with E-state index in [-0.39, 0.29) is 11.6 Å². The Hall–Kier alpha value is -1.63. The minimum atomic E-state index is -0.734. The van der Waals surface area contributed by atoms with Crippen LogP contribution in [0.1, 0.15) is 6.42 Å². The van der Waals surface area contributed by atoms with Crippen LogP contribution in [0.4, 0.5) is 14.5 Å². The highest BCUT2D eigenvalue weighted by atomic mass is 32.2. The highest BCUT2D eigenvalue weighted by Crippen LogP contribution is 2.17. The molecule has 0 bridgehead atoms. The Kier molecular flexibility index (Phi) is 4.36. The summed E-state index contributed by atoms with van der Waals surface area (Å²) in [5.74, 6) is -1.08. The first-order valence-corrected chi connectivity index (χ1v) is 6.85. The zero-order valence-electron chi connectivity index (χ0n) is 9.91. The highest BCUT2D eigenvalue weighted by Gasteiger charge is 2.24. The summed E-state index contributed by atoms with van der Waals surface area (Å²) in [6.07, 6.45) is 0.350. The Balaban J connectivity index is 2.07. The lowest BCUT2D eigenvalue weighted by Gasteiger charge is -2.15. The molecule has 0 aliphatic carbocycles. The molecule has 0 saturated carbocycles. The van der Waals surface area contributed by atoms with Gasteiger partial charge in [0, 0.05) is 24.0 Å². The van der Waals surface area contributed by atoms with Crippen LogP contribution >= 0.6 is 11.8 Å². The fourth-order valence-corrected chi connectivity index (χ4v) is 2.60. The van der Waals surface area contributed by atoms with Crippen LogP contribution in [0.5, 0.6) is 0 Å². The molecule has 1 aliphatic rings. The molecule has 1 saturated heterocycles. The number of benzene rings is 1. The molecule has 0 radical (unpaired) electrons. The van der Waals surface area contributed by atoms with Crippen LogP contribution in [0, 0.1) is 11.6 Å². The maximum atomic E-state index is 13.4. The Morgan fingerprint density at radius 2 is 2.21 bits per heavy atom. The summed E-state index contributed by atoms with van der Waals surface area (Å²) in [6, 6.07) is 2.07. The van der Waals surface area contributed by atoms with E-state index >= 15 is 0 Å². The lowest BCUT2D eigenvalue weighted by atomic mass is 10.2. The summed E-state index contributed by atoms with van der Waals surface area (Å²) < 4.78 is 26.4. The normalized spacial score (nSPS) is 19.5. The molecule has 1 aliphatic heterocycles. The first-order valence-electron chi connectivity index (χ1n) is 5.69. The molecule has 2 amide bonds. The maximum absolute atomic E-state index is 13.4. The number of carbonyl (C=O) groups is 2. The van der Waals surface area contributed by atoms with Crippen LogP contribution in [0.25, 0.3) is 0 Å². The molecule has 0 spiro atoms. The number of anilines is 1. The van der Waals surface area contributed by atoms with E-state index in [1.54, 1.807) is 0 Å². The Labute approximate surface area is 112 Å². The van der Waals surface area contributed by atoms with Crippen LogP contribution in [-0.2, 0) is 9.59 Å². The molecule has 1 heterocycles. The van der Waals surface area contributed by atoms with Crippen molar-refractivity contribution < 1.29 is 18.4 Å². The van der Waals surface area contributed by atoms with E-state index in [0.29, 0.717) is 17.9 Å². The van der Waals surface area contributed by atoms with Gasteiger partial charge in [-0.2, -0.15) is 11.8 Å². The minimum Gasteiger partial charge on any atom is -0.343 e. The molecule has 1 atom stereocenters. The number of thioether (sulfide) groups is 1. The quantitative estimate of drug-likeness (QED) is 0.866. The van der Waals surface area contributed by atoms with E-state index in [1.165, 1.54) is 11.8 Å². The summed E-state index contributed by atoms with van der Waals surface area (Å²) in [7, 11) is 0. The maximum Gasteiger partial charge on any atom is 0.247 e. The third-order valence-corrected chi connectivity index (χ3v) is 3.66. The van der Waals surface area contributed by atoms with Crippen LogP contribution in [-0.4, -0.2) is 29.4 Å². The van der Waals surface area contributed by atoms with Gasteiger partial charge in [-0.05, 0) is 12.1 Å². The predicted octanol–water partition coefficient (Wildman–Crippen LogP) is 1.52. The van der Waals surface area contributed by atoms with Gasteiger partial charge in [0.25, 0.3) is 0 Å². The summed E-state index contributed by atoms with van der Waals surface area (Å²) in [6.45, 7) is 0. The molecule has 2 rings (SSSR count). The molecule has 1 aromatic rings. The fraction of sp³-hybridized carbons (Fsp3) is 0.333. The molecule has 2 N–H and O–H groups in total. The Morgan fingerprint density at radius 3 is 3.00 bits per heavy atom. The number of nitrogens with one attached hydrogen (secondary N) is 2. The van der Waals surface area contributed by atoms with E-state index in [2.05, 4.69) is 10.6 Å². The Morgan fingerprint density at radius 1 is 1.42 bits per heavy atom. The molecule has 1 aromatic carbocycles. The number of halogens is 2. The van der Waals surface area contributed by atoms with Gasteiger partial charge in [-0.1, -0.05) is 0 Å². The van der Waals surface area contributed by atoms with Gasteiger partial charge in [-0.25, -0.2) is 8.78 Å². The lowest BCUT2D eigenvalue weighted by molar-refractivity contribution is -0.125. The van der Waals surface area contributed by atoms with Gasteiger partial charge in [0.05, 0.1) is 5.69 Å². The van der Waals surface area contributed by atoms with E-state index in [1.807, 2.05) is 0 Å². The van der Waals surface area contributed by atoms with Gasteiger partial charge in [-0.3, -0.25) is 9.59 Å². The van der Waals surface area contributed by atoms with Crippen molar-refractivity contribution in [3.05, 3.63) is 29.8 Å². The first kappa shape index (κ1) is 13.8. The summed E-state index contributed by atoms with van der Waals surface area (Å²) >= 11 is 1.46. The van der Waals surface area contributed by atoms with Crippen LogP contribution in [0.15, 0.2) is 18.2 Å². The molecular formula is C12H12F2N2O2S. The number of amides is 2. The van der Waals surface area contributed by atoms with E-state index in [9.17, 15) is 18.4 Å². The molecule has 19 heavy (non-hydrogen) atoms. The zero-order valence-corrected chi connectivity index (χ0v) is 10.7. The lowest BCUT2D eigenvalue weighted by Crippen LogP contribution is -2.44. The number of rotatable bonds is 2. The number of hydrogen-bond acceptors (Lipinski definition) is 3. The van der Waals surface area contributed by atoms with Gasteiger partial charge >= 0.3 is 0 Å². The number of carbonyl (C=O) groups excluding carboxylic acids is 2. The van der Waals surface area contributed by atoms with Crippen molar-refractivity contribution >= 4 is 29.3 Å². The van der Waals surface area contributed by atoms with Crippen LogP contribution < -0.4 is 10.6 Å². The molecule has 1 fully saturated rings. The summed E-state index contributed by atoms with van der Waals surface area (Å²) in [5.41, 5.74) is -0.228. The van der Waals surface area contributed by atoms with Gasteiger partial charge in [0.15, 0.2) is 0 Å². The third kappa shape index (κ3) is 3.66. The van der Waals surface area contributed by atoms with E-state index in [4.69, 9.17) is 0 Å². The van der Waals surface area contributed by atoms with Gasteiger partial charge < -0.3 is 10.6 Å². The molecule has 0 unspecified atom stereocenters. The number of hydrogen-bond donors (Lipinski definition) is 2. The van der Waals surface area contributed by atoms with Crippen molar-refractivity contribution in [2.45, 2.75) is 12.5 Å².